The van der Waals surface area contributed by atoms with Crippen LogP contribution in [0.2, 0.25) is 10.0 Å². The average molecular weight is 359 g/mol. The van der Waals surface area contributed by atoms with Crippen LogP contribution in [0.3, 0.4) is 0 Å². The number of halogens is 2. The highest BCUT2D eigenvalue weighted by atomic mass is 35.5. The highest BCUT2D eigenvalue weighted by Gasteiger charge is 2.18. The van der Waals surface area contributed by atoms with Crippen molar-refractivity contribution in [2.45, 2.75) is 13.5 Å². The molecule has 0 aliphatic heterocycles. The molecule has 0 unspecified atom stereocenters. The second-order valence-corrected chi connectivity index (χ2v) is 6.26. The van der Waals surface area contributed by atoms with E-state index in [0.29, 0.717) is 28.8 Å². The summed E-state index contributed by atoms with van der Waals surface area (Å²) in [5, 5.41) is 2.85. The third-order valence-corrected chi connectivity index (χ3v) is 4.64. The van der Waals surface area contributed by atoms with E-state index in [2.05, 4.69) is 4.98 Å². The van der Waals surface area contributed by atoms with Crippen molar-refractivity contribution in [2.24, 2.45) is 0 Å². The molecule has 5 heteroatoms. The second-order valence-electron chi connectivity index (χ2n) is 5.45. The average Bonchev–Trinajstić information content (AvgIpc) is 2.61. The van der Waals surface area contributed by atoms with Gasteiger partial charge in [0.2, 0.25) is 0 Å². The first-order valence-corrected chi connectivity index (χ1v) is 8.42. The normalized spacial score (nSPS) is 10.8. The highest BCUT2D eigenvalue weighted by molar-refractivity contribution is 6.42. The number of nitrogens with zero attached hydrogens (tertiary/aromatic N) is 2. The quantitative estimate of drug-likeness (QED) is 0.641. The molecule has 1 amide bonds. The predicted molar refractivity (Wildman–Crippen MR) is 98.6 cm³/mol. The summed E-state index contributed by atoms with van der Waals surface area (Å²) in [6.45, 7) is 2.97. The van der Waals surface area contributed by atoms with Crippen LogP contribution in [0, 0.1) is 0 Å². The van der Waals surface area contributed by atoms with Crippen molar-refractivity contribution in [3.8, 4) is 0 Å². The van der Waals surface area contributed by atoms with Crippen molar-refractivity contribution < 1.29 is 4.79 Å². The maximum atomic E-state index is 13.0. The van der Waals surface area contributed by atoms with Gasteiger partial charge in [-0.1, -0.05) is 53.5 Å². The van der Waals surface area contributed by atoms with Crippen LogP contribution in [0.1, 0.15) is 23.0 Å². The molecular formula is C19H16Cl2N2O. The van der Waals surface area contributed by atoms with E-state index in [1.165, 1.54) is 0 Å². The van der Waals surface area contributed by atoms with Gasteiger partial charge in [0.15, 0.2) is 0 Å². The number of fused-ring (bicyclic) bond motifs is 1. The lowest BCUT2D eigenvalue weighted by Gasteiger charge is -2.21. The zero-order chi connectivity index (χ0) is 17.1. The molecule has 1 heterocycles. The molecule has 0 aliphatic rings. The lowest BCUT2D eigenvalue weighted by Crippen LogP contribution is -2.31. The Morgan fingerprint density at radius 3 is 2.62 bits per heavy atom. The Kier molecular flexibility index (Phi) is 5.03. The monoisotopic (exact) mass is 358 g/mol. The van der Waals surface area contributed by atoms with E-state index in [1.807, 2.05) is 43.3 Å². The maximum Gasteiger partial charge on any atom is 0.273 e. The van der Waals surface area contributed by atoms with E-state index in [0.717, 1.165) is 16.3 Å². The lowest BCUT2D eigenvalue weighted by atomic mass is 10.1. The fourth-order valence-electron chi connectivity index (χ4n) is 2.63. The van der Waals surface area contributed by atoms with E-state index in [9.17, 15) is 4.79 Å². The number of benzene rings is 2. The van der Waals surface area contributed by atoms with Crippen molar-refractivity contribution in [1.29, 1.82) is 0 Å². The molecule has 3 rings (SSSR count). The number of carbonyl (C=O) groups excluding carboxylic acids is 1. The number of carbonyl (C=O) groups is 1. The summed E-state index contributed by atoms with van der Waals surface area (Å²) >= 11 is 12.0. The topological polar surface area (TPSA) is 33.2 Å². The number of hydrogen-bond donors (Lipinski definition) is 0. The second kappa shape index (κ2) is 7.20. The lowest BCUT2D eigenvalue weighted by molar-refractivity contribution is 0.0749. The molecule has 1 aromatic heterocycles. The Bertz CT molecular complexity index is 890. The molecule has 24 heavy (non-hydrogen) atoms. The third-order valence-electron chi connectivity index (χ3n) is 3.90. The summed E-state index contributed by atoms with van der Waals surface area (Å²) in [6.07, 6.45) is 1.67. The van der Waals surface area contributed by atoms with Gasteiger partial charge in [-0.2, -0.15) is 0 Å². The van der Waals surface area contributed by atoms with Crippen LogP contribution < -0.4 is 0 Å². The minimum Gasteiger partial charge on any atom is -0.333 e. The molecule has 0 N–H and O–H groups in total. The van der Waals surface area contributed by atoms with Gasteiger partial charge in [-0.3, -0.25) is 9.78 Å². The van der Waals surface area contributed by atoms with Crippen LogP contribution in [0.15, 0.2) is 54.7 Å². The smallest absolute Gasteiger partial charge is 0.273 e. The highest BCUT2D eigenvalue weighted by Crippen LogP contribution is 2.24. The van der Waals surface area contributed by atoms with Crippen LogP contribution in [0.5, 0.6) is 0 Å². The maximum absolute atomic E-state index is 13.0. The molecule has 0 bridgehead atoms. The van der Waals surface area contributed by atoms with Gasteiger partial charge >= 0.3 is 0 Å². The number of rotatable bonds is 4. The minimum atomic E-state index is -0.0969. The Morgan fingerprint density at radius 1 is 1.08 bits per heavy atom. The van der Waals surface area contributed by atoms with Gasteiger partial charge in [0.25, 0.3) is 5.91 Å². The molecule has 0 atom stereocenters. The SMILES string of the molecule is CCN(Cc1ccc(Cl)c(Cl)c1)C(=O)c1nccc2ccccc12. The Balaban J connectivity index is 1.92. The summed E-state index contributed by atoms with van der Waals surface area (Å²) in [5.74, 6) is -0.0969. The molecule has 0 radical (unpaired) electrons. The van der Waals surface area contributed by atoms with Gasteiger partial charge in [-0.05, 0) is 36.1 Å². The Hall–Kier alpha value is -2.10. The van der Waals surface area contributed by atoms with Crippen LogP contribution in [-0.2, 0) is 6.54 Å². The number of pyridine rings is 1. The van der Waals surface area contributed by atoms with Crippen molar-refractivity contribution in [2.75, 3.05) is 6.54 Å². The number of hydrogen-bond acceptors (Lipinski definition) is 2. The van der Waals surface area contributed by atoms with Gasteiger partial charge in [0.1, 0.15) is 5.69 Å². The van der Waals surface area contributed by atoms with Gasteiger partial charge in [0, 0.05) is 24.7 Å². The first kappa shape index (κ1) is 16.7. The van der Waals surface area contributed by atoms with E-state index >= 15 is 0 Å². The molecule has 3 nitrogen and oxygen atoms in total. The van der Waals surface area contributed by atoms with Gasteiger partial charge < -0.3 is 4.90 Å². The molecule has 0 saturated carbocycles. The van der Waals surface area contributed by atoms with E-state index < -0.39 is 0 Å². The summed E-state index contributed by atoms with van der Waals surface area (Å²) in [7, 11) is 0. The zero-order valence-corrected chi connectivity index (χ0v) is 14.7. The summed E-state index contributed by atoms with van der Waals surface area (Å²) in [5.41, 5.74) is 1.40. The molecule has 0 aliphatic carbocycles. The Labute approximate surface area is 150 Å². The standard InChI is InChI=1S/C19H16Cl2N2O/c1-2-23(12-13-7-8-16(20)17(21)11-13)19(24)18-15-6-4-3-5-14(15)9-10-22-18/h3-11H,2,12H2,1H3. The fourth-order valence-corrected chi connectivity index (χ4v) is 2.95. The van der Waals surface area contributed by atoms with Crippen molar-refractivity contribution in [1.82, 2.24) is 9.88 Å². The van der Waals surface area contributed by atoms with Gasteiger partial charge in [-0.25, -0.2) is 0 Å². The van der Waals surface area contributed by atoms with Gasteiger partial charge in [0.05, 0.1) is 10.0 Å². The van der Waals surface area contributed by atoms with Crippen molar-refractivity contribution in [3.63, 3.8) is 0 Å². The molecule has 0 spiro atoms. The number of amides is 1. The first-order chi connectivity index (χ1) is 11.6. The van der Waals surface area contributed by atoms with Crippen LogP contribution in [-0.4, -0.2) is 22.3 Å². The molecule has 2 aromatic carbocycles. The van der Waals surface area contributed by atoms with Crippen LogP contribution in [0.4, 0.5) is 0 Å². The summed E-state index contributed by atoms with van der Waals surface area (Å²) in [4.78, 5) is 19.0. The zero-order valence-electron chi connectivity index (χ0n) is 13.2. The number of aromatic nitrogens is 1. The van der Waals surface area contributed by atoms with Crippen LogP contribution in [0.25, 0.3) is 10.8 Å². The molecule has 3 aromatic rings. The summed E-state index contributed by atoms with van der Waals surface area (Å²) < 4.78 is 0. The van der Waals surface area contributed by atoms with E-state index in [-0.39, 0.29) is 5.91 Å². The van der Waals surface area contributed by atoms with E-state index in [1.54, 1.807) is 23.2 Å². The molecule has 0 fully saturated rings. The minimum absolute atomic E-state index is 0.0969. The van der Waals surface area contributed by atoms with Crippen LogP contribution >= 0.6 is 23.2 Å². The van der Waals surface area contributed by atoms with Crippen molar-refractivity contribution in [3.05, 3.63) is 76.0 Å². The molecule has 0 saturated heterocycles. The fraction of sp³-hybridized carbons (Fsp3) is 0.158. The molecular weight excluding hydrogens is 343 g/mol. The summed E-state index contributed by atoms with van der Waals surface area (Å²) in [6, 6.07) is 15.1. The van der Waals surface area contributed by atoms with Gasteiger partial charge in [-0.15, -0.1) is 0 Å². The third kappa shape index (κ3) is 3.37. The molecule has 122 valence electrons. The first-order valence-electron chi connectivity index (χ1n) is 7.67. The largest absolute Gasteiger partial charge is 0.333 e. The predicted octanol–water partition coefficient (Wildman–Crippen LogP) is 5.20. The van der Waals surface area contributed by atoms with E-state index in [4.69, 9.17) is 23.2 Å². The van der Waals surface area contributed by atoms with Crippen molar-refractivity contribution >= 4 is 39.9 Å². The Morgan fingerprint density at radius 2 is 1.88 bits per heavy atom.